The molecule has 256 valence electrons. The van der Waals surface area contributed by atoms with E-state index in [4.69, 9.17) is 9.47 Å². The second kappa shape index (κ2) is 18.3. The van der Waals surface area contributed by atoms with Crippen molar-refractivity contribution in [2.45, 2.75) is 103 Å². The van der Waals surface area contributed by atoms with Gasteiger partial charge in [0.15, 0.2) is 0 Å². The number of carbonyl (C=O) groups excluding carboxylic acids is 5. The number of aliphatic hydroxyl groups excluding tert-OH is 2. The number of Topliss-reactive ketones (excluding diaryl/α,β-unsaturated/α-hetero) is 1. The van der Waals surface area contributed by atoms with Gasteiger partial charge in [-0.05, 0) is 45.1 Å². The highest BCUT2D eigenvalue weighted by Crippen LogP contribution is 2.26. The van der Waals surface area contributed by atoms with Crippen LogP contribution in [0.15, 0.2) is 71.2 Å². The number of allylic oxidation sites excluding steroid dienone is 7. The fourth-order valence-electron chi connectivity index (χ4n) is 5.79. The molecule has 1 saturated carbocycles. The van der Waals surface area contributed by atoms with E-state index < -0.39 is 59.5 Å². The summed E-state index contributed by atoms with van der Waals surface area (Å²) in [7, 11) is 1.44. The number of methoxy groups -OCH3 is 1. The molecule has 11 nitrogen and oxygen atoms in total. The number of nitrogens with one attached hydrogen (secondary N) is 2. The highest BCUT2D eigenvalue weighted by atomic mass is 16.5. The van der Waals surface area contributed by atoms with Gasteiger partial charge in [0.25, 0.3) is 0 Å². The van der Waals surface area contributed by atoms with Crippen molar-refractivity contribution in [1.29, 1.82) is 0 Å². The molecule has 0 spiro atoms. The van der Waals surface area contributed by atoms with E-state index in [9.17, 15) is 34.2 Å². The molecule has 0 radical (unpaired) electrons. The second-order valence-corrected chi connectivity index (χ2v) is 12.4. The maximum Gasteiger partial charge on any atom is 0.328 e. The molecule has 4 N–H and O–H groups in total. The molecule has 3 rings (SSSR count). The molecule has 5 atom stereocenters. The summed E-state index contributed by atoms with van der Waals surface area (Å²) in [5.74, 6) is -4.15. The minimum Gasteiger partial charge on any atom is -0.505 e. The highest BCUT2D eigenvalue weighted by Gasteiger charge is 2.32. The van der Waals surface area contributed by atoms with E-state index in [1.807, 2.05) is 6.08 Å². The zero-order chi connectivity index (χ0) is 34.5. The summed E-state index contributed by atoms with van der Waals surface area (Å²) in [5, 5.41) is 27.3. The van der Waals surface area contributed by atoms with Gasteiger partial charge in [-0.15, -0.1) is 0 Å². The van der Waals surface area contributed by atoms with Gasteiger partial charge in [-0.1, -0.05) is 68.7 Å². The van der Waals surface area contributed by atoms with Crippen LogP contribution >= 0.6 is 0 Å². The molecule has 1 heterocycles. The van der Waals surface area contributed by atoms with E-state index in [1.165, 1.54) is 7.11 Å². The monoisotopic (exact) mass is 652 g/mol. The molecule has 0 aromatic heterocycles. The number of hydrogen-bond acceptors (Lipinski definition) is 9. The Morgan fingerprint density at radius 1 is 1.06 bits per heavy atom. The third-order valence-electron chi connectivity index (χ3n) is 8.81. The van der Waals surface area contributed by atoms with Crippen LogP contribution in [0.5, 0.6) is 0 Å². The van der Waals surface area contributed by atoms with Crippen LogP contribution in [-0.4, -0.2) is 71.0 Å². The molecule has 0 aromatic rings. The average molecular weight is 653 g/mol. The van der Waals surface area contributed by atoms with Gasteiger partial charge < -0.3 is 30.3 Å². The first kappa shape index (κ1) is 37.4. The third-order valence-corrected chi connectivity index (χ3v) is 8.81. The van der Waals surface area contributed by atoms with Crippen molar-refractivity contribution < 1.29 is 43.7 Å². The summed E-state index contributed by atoms with van der Waals surface area (Å²) in [6.07, 6.45) is 15.7. The molecule has 1 fully saturated rings. The summed E-state index contributed by atoms with van der Waals surface area (Å²) < 4.78 is 11.2. The first-order chi connectivity index (χ1) is 22.4. The fourth-order valence-corrected chi connectivity index (χ4v) is 5.79. The number of fused-ring (bicyclic) bond motifs is 1. The van der Waals surface area contributed by atoms with Crippen LogP contribution in [0.3, 0.4) is 0 Å². The van der Waals surface area contributed by atoms with Crippen LogP contribution in [0.4, 0.5) is 0 Å². The molecule has 3 aliphatic rings. The molecule has 4 unspecified atom stereocenters. The van der Waals surface area contributed by atoms with Crippen molar-refractivity contribution in [3.8, 4) is 0 Å². The van der Waals surface area contributed by atoms with Crippen molar-refractivity contribution in [1.82, 2.24) is 10.6 Å². The van der Waals surface area contributed by atoms with Crippen molar-refractivity contribution in [3.63, 3.8) is 0 Å². The normalized spacial score (nSPS) is 29.6. The highest BCUT2D eigenvalue weighted by molar-refractivity contribution is 6.48. The Bertz CT molecular complexity index is 1360. The van der Waals surface area contributed by atoms with Crippen LogP contribution in [0.25, 0.3) is 0 Å². The van der Waals surface area contributed by atoms with Gasteiger partial charge in [0.05, 0.1) is 24.3 Å². The predicted molar refractivity (Wildman–Crippen MR) is 176 cm³/mol. The van der Waals surface area contributed by atoms with E-state index in [1.54, 1.807) is 57.2 Å². The van der Waals surface area contributed by atoms with Gasteiger partial charge in [-0.3, -0.25) is 19.2 Å². The molecule has 2 amide bonds. The lowest BCUT2D eigenvalue weighted by Gasteiger charge is -2.29. The Morgan fingerprint density at radius 2 is 1.77 bits per heavy atom. The second-order valence-electron chi connectivity index (χ2n) is 12.4. The van der Waals surface area contributed by atoms with Gasteiger partial charge >= 0.3 is 5.97 Å². The van der Waals surface area contributed by atoms with Crippen molar-refractivity contribution in [2.75, 3.05) is 7.11 Å². The zero-order valence-corrected chi connectivity index (χ0v) is 27.7. The first-order valence-corrected chi connectivity index (χ1v) is 16.3. The molecule has 0 saturated heterocycles. The van der Waals surface area contributed by atoms with Crippen LogP contribution in [0, 0.1) is 11.8 Å². The summed E-state index contributed by atoms with van der Waals surface area (Å²) >= 11 is 0. The third kappa shape index (κ3) is 11.0. The summed E-state index contributed by atoms with van der Waals surface area (Å²) in [6.45, 7) is 5.05. The number of amides is 2. The quantitative estimate of drug-likeness (QED) is 0.148. The molecular weight excluding hydrogens is 604 g/mol. The first-order valence-electron chi connectivity index (χ1n) is 16.3. The van der Waals surface area contributed by atoms with E-state index in [-0.39, 0.29) is 48.8 Å². The number of ketones is 2. The van der Waals surface area contributed by atoms with Crippen LogP contribution < -0.4 is 10.6 Å². The number of ether oxygens (including phenoxy) is 2. The van der Waals surface area contributed by atoms with Gasteiger partial charge in [-0.25, -0.2) is 4.79 Å². The average Bonchev–Trinajstić information content (AvgIpc) is 3.06. The van der Waals surface area contributed by atoms with Crippen LogP contribution in [0.1, 0.15) is 78.6 Å². The van der Waals surface area contributed by atoms with Gasteiger partial charge in [0.1, 0.15) is 17.9 Å². The fraction of sp³-hybridized carbons (Fsp3) is 0.528. The molecule has 47 heavy (non-hydrogen) atoms. The van der Waals surface area contributed by atoms with Crippen molar-refractivity contribution >= 4 is 29.4 Å². The van der Waals surface area contributed by atoms with Crippen molar-refractivity contribution in [3.05, 3.63) is 71.2 Å². The van der Waals surface area contributed by atoms with Crippen LogP contribution in [0.2, 0.25) is 0 Å². The maximum absolute atomic E-state index is 13.1. The summed E-state index contributed by atoms with van der Waals surface area (Å²) in [5.41, 5.74) is 0.244. The number of aliphatic hydroxyl groups is 2. The number of esters is 1. The van der Waals surface area contributed by atoms with Crippen molar-refractivity contribution in [2.24, 2.45) is 11.8 Å². The Morgan fingerprint density at radius 3 is 2.47 bits per heavy atom. The smallest absolute Gasteiger partial charge is 0.328 e. The van der Waals surface area contributed by atoms with Gasteiger partial charge in [-0.2, -0.15) is 0 Å². The number of carbonyl (C=O) groups is 5. The largest absolute Gasteiger partial charge is 0.505 e. The Kier molecular flexibility index (Phi) is 14.6. The molecule has 2 bridgehead atoms. The van der Waals surface area contributed by atoms with Gasteiger partial charge in [0, 0.05) is 37.0 Å². The Hall–Kier alpha value is -4.09. The topological polar surface area (TPSA) is 168 Å². The molecular formula is C36H48N2O9. The lowest BCUT2D eigenvalue weighted by atomic mass is 9.88. The maximum atomic E-state index is 13.1. The lowest BCUT2D eigenvalue weighted by Crippen LogP contribution is -2.45. The van der Waals surface area contributed by atoms with E-state index in [2.05, 4.69) is 10.6 Å². The Labute approximate surface area is 276 Å². The predicted octanol–water partition coefficient (Wildman–Crippen LogP) is 4.15. The summed E-state index contributed by atoms with van der Waals surface area (Å²) in [6, 6.07) is -0.865. The molecule has 11 heteroatoms. The van der Waals surface area contributed by atoms with E-state index in [0.29, 0.717) is 5.57 Å². The van der Waals surface area contributed by atoms with E-state index in [0.717, 1.165) is 38.2 Å². The number of hydrogen-bond donors (Lipinski definition) is 4. The zero-order valence-electron chi connectivity index (χ0n) is 27.7. The van der Waals surface area contributed by atoms with Gasteiger partial charge in [0.2, 0.25) is 23.4 Å². The number of rotatable bonds is 5. The summed E-state index contributed by atoms with van der Waals surface area (Å²) in [4.78, 5) is 63.5. The van der Waals surface area contributed by atoms with E-state index >= 15 is 0 Å². The van der Waals surface area contributed by atoms with Crippen LogP contribution in [-0.2, 0) is 33.4 Å². The minimum atomic E-state index is -1.03. The lowest BCUT2D eigenvalue weighted by molar-refractivity contribution is -0.156. The standard InChI is InChI=1S/C36H48N2O9/c1-22-14-13-18-27-33(42)28(21-29(39)34(27)43)38-31(40)20-26(46-4)17-11-6-5-7-12-19-30(23(2)32(22)41)47-36(45)24(3)37-35(44)25-15-9-8-10-16-25/h5-7,11-12,14,17,21,23-26,30,32,41-42H,8-10,13,15-16,18-20H2,1-4H3,(H,37,44)(H,38,40)/b6-5-,12-7-,17-11-,22-14-/t23?,24-,26?,30?,32?/m1/s1. The molecule has 1 aliphatic heterocycles. The SMILES string of the molecule is COC1\C=C/C=C\C=C/CC(OC(=O)[C@@H](C)NC(=O)C2CCCCC2)C(C)C(O)/C(C)=C\CCC2=C(O)C(=CC(=O)C2=O)NC(=O)C1. The molecule has 2 aliphatic carbocycles. The minimum absolute atomic E-state index is 0.0173. The Balaban J connectivity index is 1.83. The molecule has 0 aromatic carbocycles.